The van der Waals surface area contributed by atoms with Crippen molar-refractivity contribution in [3.63, 3.8) is 0 Å². The SMILES string of the molecule is CC(C)[C@H](N=C1C[C@H]2CC[C@]1(C)C2(C)C)C(=O)OC(C)(C)C. The Kier molecular flexibility index (Phi) is 4.25. The smallest absolute Gasteiger partial charge is 0.331 e. The minimum absolute atomic E-state index is 0.146. The fourth-order valence-corrected chi connectivity index (χ4v) is 4.13. The molecule has 0 spiro atoms. The lowest BCUT2D eigenvalue weighted by Gasteiger charge is -2.35. The maximum atomic E-state index is 12.5. The second-order valence-corrected chi connectivity index (χ2v) is 9.29. The van der Waals surface area contributed by atoms with Gasteiger partial charge in [0.15, 0.2) is 0 Å². The van der Waals surface area contributed by atoms with Crippen LogP contribution in [0.25, 0.3) is 0 Å². The number of rotatable bonds is 3. The largest absolute Gasteiger partial charge is 0.458 e. The van der Waals surface area contributed by atoms with Crippen LogP contribution in [0.4, 0.5) is 0 Å². The highest BCUT2D eigenvalue weighted by atomic mass is 16.6. The van der Waals surface area contributed by atoms with Crippen LogP contribution in [-0.4, -0.2) is 23.3 Å². The summed E-state index contributed by atoms with van der Waals surface area (Å²) in [5.41, 5.74) is 1.23. The van der Waals surface area contributed by atoms with Crippen molar-refractivity contribution in [1.82, 2.24) is 0 Å². The van der Waals surface area contributed by atoms with Gasteiger partial charge < -0.3 is 4.74 Å². The topological polar surface area (TPSA) is 38.7 Å². The predicted molar refractivity (Wildman–Crippen MR) is 91.1 cm³/mol. The van der Waals surface area contributed by atoms with E-state index in [1.807, 2.05) is 20.8 Å². The average Bonchev–Trinajstić information content (AvgIpc) is 2.65. The molecule has 2 aliphatic carbocycles. The minimum atomic E-state index is -0.456. The Morgan fingerprint density at radius 3 is 2.23 bits per heavy atom. The van der Waals surface area contributed by atoms with Crippen molar-refractivity contribution in [1.29, 1.82) is 0 Å². The van der Waals surface area contributed by atoms with Gasteiger partial charge in [0.25, 0.3) is 0 Å². The van der Waals surface area contributed by atoms with Crippen LogP contribution in [0.5, 0.6) is 0 Å². The van der Waals surface area contributed by atoms with E-state index in [9.17, 15) is 4.79 Å². The van der Waals surface area contributed by atoms with E-state index >= 15 is 0 Å². The molecule has 0 aliphatic heterocycles. The molecule has 3 heteroatoms. The molecule has 22 heavy (non-hydrogen) atoms. The molecule has 0 aromatic carbocycles. The molecule has 2 rings (SSSR count). The van der Waals surface area contributed by atoms with E-state index in [2.05, 4.69) is 34.6 Å². The van der Waals surface area contributed by atoms with Gasteiger partial charge in [0.2, 0.25) is 0 Å². The van der Waals surface area contributed by atoms with Crippen LogP contribution in [0.1, 0.15) is 74.7 Å². The Labute approximate surface area is 135 Å². The molecule has 0 saturated heterocycles. The van der Waals surface area contributed by atoms with Crippen molar-refractivity contribution in [3.05, 3.63) is 0 Å². The first kappa shape index (κ1) is 17.5. The van der Waals surface area contributed by atoms with E-state index in [-0.39, 0.29) is 23.3 Å². The van der Waals surface area contributed by atoms with Gasteiger partial charge in [0.05, 0.1) is 0 Å². The van der Waals surface area contributed by atoms with Gasteiger partial charge in [-0.25, -0.2) is 4.79 Å². The molecule has 3 atom stereocenters. The van der Waals surface area contributed by atoms with Crippen molar-refractivity contribution in [2.75, 3.05) is 0 Å². The van der Waals surface area contributed by atoms with E-state index in [1.165, 1.54) is 18.6 Å². The van der Waals surface area contributed by atoms with Gasteiger partial charge in [-0.3, -0.25) is 4.99 Å². The van der Waals surface area contributed by atoms with E-state index in [0.717, 1.165) is 6.42 Å². The zero-order valence-corrected chi connectivity index (χ0v) is 15.6. The predicted octanol–water partition coefficient (Wildman–Crippen LogP) is 4.64. The molecule has 0 radical (unpaired) electrons. The van der Waals surface area contributed by atoms with Crippen LogP contribution in [0.15, 0.2) is 4.99 Å². The van der Waals surface area contributed by atoms with E-state index in [4.69, 9.17) is 9.73 Å². The first-order valence-electron chi connectivity index (χ1n) is 8.68. The van der Waals surface area contributed by atoms with Crippen LogP contribution in [0, 0.1) is 22.7 Å². The van der Waals surface area contributed by atoms with Gasteiger partial charge in [0.1, 0.15) is 11.6 Å². The Hall–Kier alpha value is -0.860. The standard InChI is InChI=1S/C19H33NO2/c1-12(2)15(16(21)22-17(3,4)5)20-14-11-13-9-10-19(14,8)18(13,6)7/h12-13,15H,9-11H2,1-8H3/t13-,15+,19+/m1/s1. The summed E-state index contributed by atoms with van der Waals surface area (Å²) >= 11 is 0. The first-order chi connectivity index (χ1) is 9.88. The lowest BCUT2D eigenvalue weighted by Crippen LogP contribution is -2.37. The molecule has 0 aromatic rings. The second kappa shape index (κ2) is 5.35. The Bertz CT molecular complexity index is 484. The Morgan fingerprint density at radius 2 is 1.86 bits per heavy atom. The maximum absolute atomic E-state index is 12.5. The fourth-order valence-electron chi connectivity index (χ4n) is 4.13. The van der Waals surface area contributed by atoms with Gasteiger partial charge in [-0.15, -0.1) is 0 Å². The number of nitrogens with zero attached hydrogens (tertiary/aromatic N) is 1. The summed E-state index contributed by atoms with van der Waals surface area (Å²) < 4.78 is 5.59. The molecule has 0 N–H and O–H groups in total. The number of fused-ring (bicyclic) bond motifs is 2. The quantitative estimate of drug-likeness (QED) is 0.712. The van der Waals surface area contributed by atoms with E-state index < -0.39 is 5.60 Å². The van der Waals surface area contributed by atoms with Crippen molar-refractivity contribution >= 4 is 11.7 Å². The number of ether oxygens (including phenoxy) is 1. The number of hydrogen-bond acceptors (Lipinski definition) is 3. The maximum Gasteiger partial charge on any atom is 0.331 e. The molecule has 0 aromatic heterocycles. The summed E-state index contributed by atoms with van der Waals surface area (Å²) in [6.45, 7) is 16.9. The lowest BCUT2D eigenvalue weighted by molar-refractivity contribution is -0.157. The molecule has 0 amide bonds. The summed E-state index contributed by atoms with van der Waals surface area (Å²) in [6.07, 6.45) is 3.54. The van der Waals surface area contributed by atoms with Gasteiger partial charge in [0, 0.05) is 11.1 Å². The number of carbonyl (C=O) groups excluding carboxylic acids is 1. The van der Waals surface area contributed by atoms with Gasteiger partial charge >= 0.3 is 5.97 Å². The third kappa shape index (κ3) is 2.83. The van der Waals surface area contributed by atoms with Crippen molar-refractivity contribution in [2.24, 2.45) is 27.7 Å². The normalized spacial score (nSPS) is 33.5. The third-order valence-electron chi connectivity index (χ3n) is 6.09. The molecule has 126 valence electrons. The molecule has 2 bridgehead atoms. The van der Waals surface area contributed by atoms with Gasteiger partial charge in [-0.2, -0.15) is 0 Å². The molecule has 3 nitrogen and oxygen atoms in total. The van der Waals surface area contributed by atoms with Crippen LogP contribution in [-0.2, 0) is 9.53 Å². The summed E-state index contributed by atoms with van der Waals surface area (Å²) in [5, 5.41) is 0. The van der Waals surface area contributed by atoms with Crippen molar-refractivity contribution in [2.45, 2.75) is 86.3 Å². The Balaban J connectivity index is 2.27. The number of aliphatic imine (C=N–C) groups is 1. The monoisotopic (exact) mass is 307 g/mol. The third-order valence-corrected chi connectivity index (χ3v) is 6.09. The fraction of sp³-hybridized carbons (Fsp3) is 0.895. The highest BCUT2D eigenvalue weighted by Crippen LogP contribution is 2.64. The summed E-state index contributed by atoms with van der Waals surface area (Å²) in [5.74, 6) is 0.690. The van der Waals surface area contributed by atoms with Crippen LogP contribution in [0.2, 0.25) is 0 Å². The zero-order chi connectivity index (χ0) is 16.9. The van der Waals surface area contributed by atoms with Gasteiger partial charge in [-0.1, -0.05) is 34.6 Å². The molecule has 0 heterocycles. The number of esters is 1. The van der Waals surface area contributed by atoms with E-state index in [0.29, 0.717) is 11.3 Å². The van der Waals surface area contributed by atoms with Crippen molar-refractivity contribution in [3.8, 4) is 0 Å². The average molecular weight is 307 g/mol. The minimum Gasteiger partial charge on any atom is -0.458 e. The second-order valence-electron chi connectivity index (χ2n) is 9.29. The molecule has 2 saturated carbocycles. The zero-order valence-electron chi connectivity index (χ0n) is 15.6. The van der Waals surface area contributed by atoms with Crippen LogP contribution >= 0.6 is 0 Å². The van der Waals surface area contributed by atoms with Crippen LogP contribution in [0.3, 0.4) is 0 Å². The first-order valence-corrected chi connectivity index (χ1v) is 8.68. The van der Waals surface area contributed by atoms with Crippen LogP contribution < -0.4 is 0 Å². The number of carbonyl (C=O) groups is 1. The highest BCUT2D eigenvalue weighted by molar-refractivity contribution is 5.96. The molecule has 0 unspecified atom stereocenters. The van der Waals surface area contributed by atoms with Crippen molar-refractivity contribution < 1.29 is 9.53 Å². The van der Waals surface area contributed by atoms with Gasteiger partial charge in [-0.05, 0) is 57.3 Å². The van der Waals surface area contributed by atoms with E-state index in [1.54, 1.807) is 0 Å². The molecular weight excluding hydrogens is 274 g/mol. The Morgan fingerprint density at radius 1 is 1.27 bits per heavy atom. The lowest BCUT2D eigenvalue weighted by atomic mass is 9.70. The number of hydrogen-bond donors (Lipinski definition) is 0. The molecular formula is C19H33NO2. The summed E-state index contributed by atoms with van der Waals surface area (Å²) in [7, 11) is 0. The highest BCUT2D eigenvalue weighted by Gasteiger charge is 2.60. The molecule has 2 fully saturated rings. The summed E-state index contributed by atoms with van der Waals surface area (Å²) in [6, 6.07) is -0.374. The molecule has 2 aliphatic rings. The summed E-state index contributed by atoms with van der Waals surface area (Å²) in [4.78, 5) is 17.5.